The summed E-state index contributed by atoms with van der Waals surface area (Å²) in [5, 5.41) is 11.3. The van der Waals surface area contributed by atoms with Crippen molar-refractivity contribution in [3.63, 3.8) is 0 Å². The van der Waals surface area contributed by atoms with Gasteiger partial charge in [-0.2, -0.15) is 0 Å². The van der Waals surface area contributed by atoms with Crippen molar-refractivity contribution >= 4 is 11.9 Å². The quantitative estimate of drug-likeness (QED) is 0.718. The second kappa shape index (κ2) is 8.97. The van der Waals surface area contributed by atoms with Gasteiger partial charge in [0.05, 0.1) is 25.6 Å². The highest BCUT2D eigenvalue weighted by molar-refractivity contribution is 5.76. The number of aryl methyl sites for hydroxylation is 1. The van der Waals surface area contributed by atoms with Crippen molar-refractivity contribution in [3.8, 4) is 5.75 Å². The molecule has 116 valence electrons. The van der Waals surface area contributed by atoms with Gasteiger partial charge in [-0.3, -0.25) is 9.59 Å². The standard InChI is InChI=1S/C15H21NO5/c1-11-3-5-12(6-4-11)21-8-7-14(17)16-10-13(20-2)9-15(18)19/h3-6,13H,7-10H2,1-2H3,(H,16,17)(H,18,19). The lowest BCUT2D eigenvalue weighted by molar-refractivity contribution is -0.140. The normalized spacial score (nSPS) is 11.7. The Morgan fingerprint density at radius 2 is 1.95 bits per heavy atom. The van der Waals surface area contributed by atoms with E-state index in [2.05, 4.69) is 5.32 Å². The molecule has 0 aliphatic carbocycles. The number of rotatable bonds is 9. The van der Waals surface area contributed by atoms with E-state index < -0.39 is 12.1 Å². The molecule has 6 nitrogen and oxygen atoms in total. The molecule has 1 aromatic rings. The Morgan fingerprint density at radius 3 is 2.52 bits per heavy atom. The number of ether oxygens (including phenoxy) is 2. The van der Waals surface area contributed by atoms with Crippen LogP contribution in [0.4, 0.5) is 0 Å². The maximum Gasteiger partial charge on any atom is 0.306 e. The van der Waals surface area contributed by atoms with Gasteiger partial charge in [-0.05, 0) is 19.1 Å². The van der Waals surface area contributed by atoms with Gasteiger partial charge in [0, 0.05) is 13.7 Å². The minimum Gasteiger partial charge on any atom is -0.493 e. The monoisotopic (exact) mass is 295 g/mol. The van der Waals surface area contributed by atoms with Crippen LogP contribution in [0.2, 0.25) is 0 Å². The predicted octanol–water partition coefficient (Wildman–Crippen LogP) is 1.37. The lowest BCUT2D eigenvalue weighted by Gasteiger charge is -2.14. The number of carboxylic acids is 1. The van der Waals surface area contributed by atoms with Crippen LogP contribution in [-0.4, -0.2) is 43.3 Å². The Bertz CT molecular complexity index is 458. The van der Waals surface area contributed by atoms with E-state index in [1.165, 1.54) is 7.11 Å². The van der Waals surface area contributed by atoms with Crippen molar-refractivity contribution in [2.75, 3.05) is 20.3 Å². The number of benzene rings is 1. The van der Waals surface area contributed by atoms with Gasteiger partial charge >= 0.3 is 5.97 Å². The molecule has 1 rings (SSSR count). The third-order valence-electron chi connectivity index (χ3n) is 2.88. The van der Waals surface area contributed by atoms with Crippen molar-refractivity contribution < 1.29 is 24.2 Å². The number of carboxylic acid groups (broad SMARTS) is 1. The molecule has 2 N–H and O–H groups in total. The van der Waals surface area contributed by atoms with Gasteiger partial charge in [0.25, 0.3) is 0 Å². The zero-order valence-electron chi connectivity index (χ0n) is 12.3. The fourth-order valence-electron chi connectivity index (χ4n) is 1.65. The minimum absolute atomic E-state index is 0.142. The molecule has 0 spiro atoms. The molecule has 0 aliphatic rings. The summed E-state index contributed by atoms with van der Waals surface area (Å²) in [6.45, 7) is 2.43. The smallest absolute Gasteiger partial charge is 0.306 e. The Morgan fingerprint density at radius 1 is 1.29 bits per heavy atom. The fourth-order valence-corrected chi connectivity index (χ4v) is 1.65. The largest absolute Gasteiger partial charge is 0.493 e. The van der Waals surface area contributed by atoms with Crippen molar-refractivity contribution in [2.45, 2.75) is 25.9 Å². The van der Waals surface area contributed by atoms with E-state index in [0.29, 0.717) is 5.75 Å². The van der Waals surface area contributed by atoms with Gasteiger partial charge in [0.1, 0.15) is 5.75 Å². The summed E-state index contributed by atoms with van der Waals surface area (Å²) < 4.78 is 10.4. The SMILES string of the molecule is COC(CNC(=O)CCOc1ccc(C)cc1)CC(=O)O. The molecule has 0 saturated heterocycles. The first-order chi connectivity index (χ1) is 10.0. The molecule has 1 aromatic carbocycles. The van der Waals surface area contributed by atoms with Crippen LogP contribution in [0.3, 0.4) is 0 Å². The van der Waals surface area contributed by atoms with Gasteiger partial charge in [-0.1, -0.05) is 17.7 Å². The fraction of sp³-hybridized carbons (Fsp3) is 0.467. The van der Waals surface area contributed by atoms with E-state index in [4.69, 9.17) is 14.6 Å². The van der Waals surface area contributed by atoms with Crippen LogP contribution in [0.1, 0.15) is 18.4 Å². The third kappa shape index (κ3) is 7.31. The van der Waals surface area contributed by atoms with Gasteiger partial charge in [0.15, 0.2) is 0 Å². The van der Waals surface area contributed by atoms with Gasteiger partial charge in [0.2, 0.25) is 5.91 Å². The maximum atomic E-state index is 11.6. The molecule has 0 bridgehead atoms. The summed E-state index contributed by atoms with van der Waals surface area (Å²) in [4.78, 5) is 22.2. The third-order valence-corrected chi connectivity index (χ3v) is 2.88. The van der Waals surface area contributed by atoms with E-state index in [0.717, 1.165) is 5.56 Å². The summed E-state index contributed by atoms with van der Waals surface area (Å²) in [5.41, 5.74) is 1.14. The maximum absolute atomic E-state index is 11.6. The van der Waals surface area contributed by atoms with Gasteiger partial charge in [-0.15, -0.1) is 0 Å². The first-order valence-corrected chi connectivity index (χ1v) is 6.72. The lowest BCUT2D eigenvalue weighted by Crippen LogP contribution is -2.35. The number of hydrogen-bond acceptors (Lipinski definition) is 4. The van der Waals surface area contributed by atoms with E-state index in [1.54, 1.807) is 0 Å². The molecule has 1 atom stereocenters. The first-order valence-electron chi connectivity index (χ1n) is 6.72. The van der Waals surface area contributed by atoms with Crippen LogP contribution in [0.5, 0.6) is 5.75 Å². The van der Waals surface area contributed by atoms with Crippen LogP contribution in [0.15, 0.2) is 24.3 Å². The molecular formula is C15H21NO5. The molecule has 0 fully saturated rings. The molecule has 0 radical (unpaired) electrons. The van der Waals surface area contributed by atoms with E-state index >= 15 is 0 Å². The molecule has 0 saturated carbocycles. The molecule has 6 heteroatoms. The van der Waals surface area contributed by atoms with Crippen molar-refractivity contribution in [2.24, 2.45) is 0 Å². The molecule has 0 aromatic heterocycles. The number of carbonyl (C=O) groups excluding carboxylic acids is 1. The molecule has 1 amide bonds. The van der Waals surface area contributed by atoms with Crippen molar-refractivity contribution in [1.29, 1.82) is 0 Å². The van der Waals surface area contributed by atoms with Crippen molar-refractivity contribution in [3.05, 3.63) is 29.8 Å². The highest BCUT2D eigenvalue weighted by Gasteiger charge is 2.13. The van der Waals surface area contributed by atoms with E-state index in [1.807, 2.05) is 31.2 Å². The number of hydrogen-bond donors (Lipinski definition) is 2. The Labute approximate surface area is 124 Å². The molecule has 1 unspecified atom stereocenters. The number of nitrogens with one attached hydrogen (secondary N) is 1. The Balaban J connectivity index is 2.21. The van der Waals surface area contributed by atoms with E-state index in [-0.39, 0.29) is 31.9 Å². The number of aliphatic carboxylic acids is 1. The summed E-state index contributed by atoms with van der Waals surface area (Å²) in [6, 6.07) is 7.57. The van der Waals surface area contributed by atoms with Crippen LogP contribution in [0, 0.1) is 6.92 Å². The topological polar surface area (TPSA) is 84.9 Å². The van der Waals surface area contributed by atoms with Crippen molar-refractivity contribution in [1.82, 2.24) is 5.32 Å². The number of methoxy groups -OCH3 is 1. The summed E-state index contributed by atoms with van der Waals surface area (Å²) in [6.07, 6.45) is -0.460. The summed E-state index contributed by atoms with van der Waals surface area (Å²) in [5.74, 6) is -0.442. The second-order valence-electron chi connectivity index (χ2n) is 4.67. The van der Waals surface area contributed by atoms with Crippen LogP contribution in [-0.2, 0) is 14.3 Å². The predicted molar refractivity (Wildman–Crippen MR) is 77.4 cm³/mol. The number of amides is 1. The molecular weight excluding hydrogens is 274 g/mol. The molecule has 21 heavy (non-hydrogen) atoms. The van der Waals surface area contributed by atoms with Gasteiger partial charge in [-0.25, -0.2) is 0 Å². The average molecular weight is 295 g/mol. The lowest BCUT2D eigenvalue weighted by atomic mass is 10.2. The van der Waals surface area contributed by atoms with Crippen LogP contribution in [0.25, 0.3) is 0 Å². The Kier molecular flexibility index (Phi) is 7.25. The highest BCUT2D eigenvalue weighted by Crippen LogP contribution is 2.11. The van der Waals surface area contributed by atoms with Crippen LogP contribution >= 0.6 is 0 Å². The molecule has 0 heterocycles. The average Bonchev–Trinajstić information content (AvgIpc) is 2.45. The summed E-state index contributed by atoms with van der Waals surface area (Å²) >= 11 is 0. The zero-order chi connectivity index (χ0) is 15.7. The molecule has 0 aliphatic heterocycles. The minimum atomic E-state index is -0.959. The highest BCUT2D eigenvalue weighted by atomic mass is 16.5. The first kappa shape index (κ1) is 17.0. The van der Waals surface area contributed by atoms with Gasteiger partial charge < -0.3 is 19.9 Å². The number of carbonyl (C=O) groups is 2. The Hall–Kier alpha value is -2.08. The van der Waals surface area contributed by atoms with Crippen LogP contribution < -0.4 is 10.1 Å². The van der Waals surface area contributed by atoms with E-state index in [9.17, 15) is 9.59 Å². The zero-order valence-corrected chi connectivity index (χ0v) is 12.3. The second-order valence-corrected chi connectivity index (χ2v) is 4.67. The summed E-state index contributed by atoms with van der Waals surface area (Å²) in [7, 11) is 1.42.